The van der Waals surface area contributed by atoms with Crippen molar-refractivity contribution in [3.05, 3.63) is 29.8 Å². The third-order valence-corrected chi connectivity index (χ3v) is 3.58. The lowest BCUT2D eigenvalue weighted by Gasteiger charge is -2.21. The lowest BCUT2D eigenvalue weighted by atomic mass is 9.93. The maximum absolute atomic E-state index is 10.2. The van der Waals surface area contributed by atoms with E-state index in [9.17, 15) is 5.11 Å². The molecule has 1 aromatic rings. The first-order valence-electron chi connectivity index (χ1n) is 4.30. The zero-order valence-corrected chi connectivity index (χ0v) is 8.05. The normalized spacial score (nSPS) is 27.8. The van der Waals surface area contributed by atoms with Gasteiger partial charge in [-0.2, -0.15) is 11.8 Å². The van der Waals surface area contributed by atoms with Gasteiger partial charge in [0.05, 0.1) is 5.60 Å². The van der Waals surface area contributed by atoms with Crippen LogP contribution in [0.4, 0.5) is 0 Å². The van der Waals surface area contributed by atoms with Crippen LogP contribution >= 0.6 is 11.8 Å². The highest BCUT2D eigenvalue weighted by Crippen LogP contribution is 2.36. The van der Waals surface area contributed by atoms with E-state index in [0.717, 1.165) is 23.5 Å². The fourth-order valence-corrected chi connectivity index (χ4v) is 2.83. The number of phenolic OH excluding ortho intramolecular Hbond substituents is 1. The van der Waals surface area contributed by atoms with Crippen molar-refractivity contribution < 1.29 is 10.2 Å². The van der Waals surface area contributed by atoms with Gasteiger partial charge in [-0.05, 0) is 29.9 Å². The Kier molecular flexibility index (Phi) is 2.22. The SMILES string of the molecule is Oc1ccc(C2(O)CCSC2)cc1. The Hall–Kier alpha value is -0.670. The summed E-state index contributed by atoms with van der Waals surface area (Å²) in [5.41, 5.74) is 0.244. The molecular formula is C10H12O2S. The Morgan fingerprint density at radius 1 is 1.23 bits per heavy atom. The van der Waals surface area contributed by atoms with Crippen LogP contribution in [0.1, 0.15) is 12.0 Å². The van der Waals surface area contributed by atoms with E-state index in [0.29, 0.717) is 0 Å². The second-order valence-corrected chi connectivity index (χ2v) is 4.49. The average molecular weight is 196 g/mol. The molecule has 0 radical (unpaired) electrons. The molecule has 1 heterocycles. The van der Waals surface area contributed by atoms with Crippen molar-refractivity contribution in [2.75, 3.05) is 11.5 Å². The molecule has 1 aliphatic heterocycles. The lowest BCUT2D eigenvalue weighted by Crippen LogP contribution is -2.24. The van der Waals surface area contributed by atoms with Gasteiger partial charge in [-0.25, -0.2) is 0 Å². The number of hydrogen-bond acceptors (Lipinski definition) is 3. The van der Waals surface area contributed by atoms with Crippen molar-refractivity contribution >= 4 is 11.8 Å². The highest BCUT2D eigenvalue weighted by molar-refractivity contribution is 7.99. The van der Waals surface area contributed by atoms with Crippen molar-refractivity contribution in [2.45, 2.75) is 12.0 Å². The maximum atomic E-state index is 10.2. The Morgan fingerprint density at radius 2 is 1.92 bits per heavy atom. The smallest absolute Gasteiger partial charge is 0.115 e. The third kappa shape index (κ3) is 1.67. The Labute approximate surface area is 81.6 Å². The van der Waals surface area contributed by atoms with Crippen LogP contribution in [-0.2, 0) is 5.60 Å². The van der Waals surface area contributed by atoms with Crippen LogP contribution in [0.5, 0.6) is 5.75 Å². The Morgan fingerprint density at radius 3 is 2.46 bits per heavy atom. The van der Waals surface area contributed by atoms with E-state index in [1.165, 1.54) is 0 Å². The van der Waals surface area contributed by atoms with Crippen molar-refractivity contribution in [3.8, 4) is 5.75 Å². The lowest BCUT2D eigenvalue weighted by molar-refractivity contribution is 0.0657. The number of thioether (sulfide) groups is 1. The second-order valence-electron chi connectivity index (χ2n) is 3.38. The zero-order chi connectivity index (χ0) is 9.31. The van der Waals surface area contributed by atoms with Gasteiger partial charge in [-0.1, -0.05) is 12.1 Å². The van der Waals surface area contributed by atoms with Gasteiger partial charge in [-0.3, -0.25) is 0 Å². The molecule has 0 aliphatic carbocycles. The van der Waals surface area contributed by atoms with Crippen LogP contribution in [0.2, 0.25) is 0 Å². The van der Waals surface area contributed by atoms with Gasteiger partial charge in [0.25, 0.3) is 0 Å². The molecule has 2 N–H and O–H groups in total. The van der Waals surface area contributed by atoms with E-state index in [2.05, 4.69) is 0 Å². The fraction of sp³-hybridized carbons (Fsp3) is 0.400. The number of rotatable bonds is 1. The van der Waals surface area contributed by atoms with Crippen molar-refractivity contribution in [1.29, 1.82) is 0 Å². The molecule has 0 bridgehead atoms. The first-order chi connectivity index (χ1) is 6.21. The van der Waals surface area contributed by atoms with E-state index in [1.54, 1.807) is 36.0 Å². The summed E-state index contributed by atoms with van der Waals surface area (Å²) >= 11 is 1.77. The molecule has 0 aromatic heterocycles. The minimum absolute atomic E-state index is 0.248. The van der Waals surface area contributed by atoms with Crippen molar-refractivity contribution in [1.82, 2.24) is 0 Å². The van der Waals surface area contributed by atoms with E-state index in [-0.39, 0.29) is 5.75 Å². The number of benzene rings is 1. The van der Waals surface area contributed by atoms with Gasteiger partial charge >= 0.3 is 0 Å². The van der Waals surface area contributed by atoms with Crippen molar-refractivity contribution in [2.24, 2.45) is 0 Å². The second kappa shape index (κ2) is 3.24. The van der Waals surface area contributed by atoms with Gasteiger partial charge in [0.1, 0.15) is 5.75 Å². The average Bonchev–Trinajstić information content (AvgIpc) is 2.54. The standard InChI is InChI=1S/C10H12O2S/c11-9-3-1-8(2-4-9)10(12)5-6-13-7-10/h1-4,11-12H,5-7H2. The summed E-state index contributed by atoms with van der Waals surface area (Å²) in [7, 11) is 0. The molecule has 1 aliphatic rings. The molecule has 1 saturated heterocycles. The molecule has 1 aromatic carbocycles. The van der Waals surface area contributed by atoms with Crippen LogP contribution in [0, 0.1) is 0 Å². The topological polar surface area (TPSA) is 40.5 Å². The summed E-state index contributed by atoms with van der Waals surface area (Å²) < 4.78 is 0. The first-order valence-corrected chi connectivity index (χ1v) is 5.46. The molecule has 1 atom stereocenters. The molecule has 0 amide bonds. The van der Waals surface area contributed by atoms with Crippen molar-refractivity contribution in [3.63, 3.8) is 0 Å². The molecule has 2 rings (SSSR count). The van der Waals surface area contributed by atoms with Crippen LogP contribution < -0.4 is 0 Å². The van der Waals surface area contributed by atoms with Gasteiger partial charge in [-0.15, -0.1) is 0 Å². The van der Waals surface area contributed by atoms with Gasteiger partial charge in [0, 0.05) is 5.75 Å². The number of hydrogen-bond donors (Lipinski definition) is 2. The number of aliphatic hydroxyl groups is 1. The summed E-state index contributed by atoms with van der Waals surface area (Å²) in [6.45, 7) is 0. The Bertz CT molecular complexity index is 288. The molecule has 0 spiro atoms. The zero-order valence-electron chi connectivity index (χ0n) is 7.23. The highest BCUT2D eigenvalue weighted by atomic mass is 32.2. The predicted molar refractivity (Wildman–Crippen MR) is 53.9 cm³/mol. The van der Waals surface area contributed by atoms with Crippen LogP contribution in [0.3, 0.4) is 0 Å². The van der Waals surface area contributed by atoms with Gasteiger partial charge < -0.3 is 10.2 Å². The maximum Gasteiger partial charge on any atom is 0.115 e. The number of phenols is 1. The van der Waals surface area contributed by atoms with E-state index in [4.69, 9.17) is 5.11 Å². The third-order valence-electron chi connectivity index (χ3n) is 2.41. The molecule has 3 heteroatoms. The summed E-state index contributed by atoms with van der Waals surface area (Å²) in [6, 6.07) is 6.83. The Balaban J connectivity index is 2.29. The monoisotopic (exact) mass is 196 g/mol. The molecule has 70 valence electrons. The molecule has 13 heavy (non-hydrogen) atoms. The summed E-state index contributed by atoms with van der Waals surface area (Å²) in [5.74, 6) is 2.02. The minimum atomic E-state index is -0.668. The summed E-state index contributed by atoms with van der Waals surface area (Å²) in [5, 5.41) is 19.2. The summed E-state index contributed by atoms with van der Waals surface area (Å²) in [4.78, 5) is 0. The quantitative estimate of drug-likeness (QED) is 0.718. The molecule has 1 unspecified atom stereocenters. The largest absolute Gasteiger partial charge is 0.508 e. The van der Waals surface area contributed by atoms with Gasteiger partial charge in [0.15, 0.2) is 0 Å². The molecular weight excluding hydrogens is 184 g/mol. The highest BCUT2D eigenvalue weighted by Gasteiger charge is 2.33. The first kappa shape index (κ1) is 8.91. The van der Waals surface area contributed by atoms with Crippen LogP contribution in [0.25, 0.3) is 0 Å². The fourth-order valence-electron chi connectivity index (χ4n) is 1.55. The van der Waals surface area contributed by atoms with E-state index in [1.807, 2.05) is 0 Å². The predicted octanol–water partition coefficient (Wildman–Crippen LogP) is 1.72. The van der Waals surface area contributed by atoms with Crippen LogP contribution in [-0.4, -0.2) is 21.7 Å². The molecule has 2 nitrogen and oxygen atoms in total. The molecule has 0 saturated carbocycles. The molecule has 1 fully saturated rings. The van der Waals surface area contributed by atoms with E-state index >= 15 is 0 Å². The van der Waals surface area contributed by atoms with E-state index < -0.39 is 5.60 Å². The van der Waals surface area contributed by atoms with Crippen LogP contribution in [0.15, 0.2) is 24.3 Å². The summed E-state index contributed by atoms with van der Waals surface area (Å²) in [6.07, 6.45) is 0.808. The minimum Gasteiger partial charge on any atom is -0.508 e. The van der Waals surface area contributed by atoms with Gasteiger partial charge in [0.2, 0.25) is 0 Å². The number of aromatic hydroxyl groups is 1.